The van der Waals surface area contributed by atoms with E-state index in [0.717, 1.165) is 4.90 Å². The summed E-state index contributed by atoms with van der Waals surface area (Å²) < 4.78 is 48.3. The molecule has 0 radical (unpaired) electrons. The maximum absolute atomic E-state index is 12.4. The molecule has 0 spiro atoms. The number of alkyl halides is 3. The number of amides is 1. The van der Waals surface area contributed by atoms with Crippen molar-refractivity contribution in [2.24, 2.45) is 0 Å². The molecule has 1 aliphatic heterocycles. The van der Waals surface area contributed by atoms with Crippen LogP contribution in [-0.4, -0.2) is 55.1 Å². The zero-order valence-electron chi connectivity index (χ0n) is 9.82. The first-order valence-electron chi connectivity index (χ1n) is 5.73. The molecule has 1 saturated heterocycles. The average Bonchev–Trinajstić information content (AvgIpc) is 2.26. The minimum atomic E-state index is -3.47. The number of hydrogen-bond donors (Lipinski definition) is 0. The minimum absolute atomic E-state index is 0.0275. The molecule has 0 aromatic carbocycles. The quantitative estimate of drug-likeness (QED) is 0.707. The molecule has 1 atom stereocenters. The van der Waals surface area contributed by atoms with E-state index >= 15 is 0 Å². The van der Waals surface area contributed by atoms with Gasteiger partial charge >= 0.3 is 0 Å². The van der Waals surface area contributed by atoms with Crippen molar-refractivity contribution in [2.45, 2.75) is 30.9 Å². The van der Waals surface area contributed by atoms with Crippen LogP contribution in [0.15, 0.2) is 0 Å². The molecule has 0 aliphatic carbocycles. The third kappa shape index (κ3) is 4.15. The third-order valence-corrected chi connectivity index (χ3v) is 5.40. The highest BCUT2D eigenvalue weighted by Crippen LogP contribution is 2.21. The van der Waals surface area contributed by atoms with Crippen LogP contribution in [0.2, 0.25) is 0 Å². The van der Waals surface area contributed by atoms with Gasteiger partial charge in [-0.05, 0) is 12.8 Å². The Morgan fingerprint density at radius 3 is 2.56 bits per heavy atom. The fourth-order valence-electron chi connectivity index (χ4n) is 2.00. The van der Waals surface area contributed by atoms with Crippen LogP contribution in [0.3, 0.4) is 0 Å². The van der Waals surface area contributed by atoms with Crippen molar-refractivity contribution in [2.75, 3.05) is 24.2 Å². The summed E-state index contributed by atoms with van der Waals surface area (Å²) in [5.41, 5.74) is 0. The lowest BCUT2D eigenvalue weighted by atomic mass is 10.1. The highest BCUT2D eigenvalue weighted by atomic mass is 79.9. The van der Waals surface area contributed by atoms with Gasteiger partial charge in [-0.1, -0.05) is 22.4 Å². The van der Waals surface area contributed by atoms with Gasteiger partial charge in [-0.25, -0.2) is 17.2 Å². The molecule has 0 bridgehead atoms. The van der Waals surface area contributed by atoms with Gasteiger partial charge in [0.05, 0.1) is 12.3 Å². The Morgan fingerprint density at radius 1 is 1.39 bits per heavy atom. The van der Waals surface area contributed by atoms with Crippen LogP contribution in [0, 0.1) is 0 Å². The molecule has 8 heteroatoms. The first-order chi connectivity index (χ1) is 8.38. The van der Waals surface area contributed by atoms with Crippen LogP contribution >= 0.6 is 15.9 Å². The van der Waals surface area contributed by atoms with Gasteiger partial charge in [0.15, 0.2) is 9.84 Å². The van der Waals surface area contributed by atoms with E-state index in [2.05, 4.69) is 15.9 Å². The van der Waals surface area contributed by atoms with Gasteiger partial charge < -0.3 is 4.90 Å². The molecular formula is C10H16BrF2NO3S. The van der Waals surface area contributed by atoms with E-state index in [4.69, 9.17) is 0 Å². The van der Waals surface area contributed by atoms with Gasteiger partial charge in [0.2, 0.25) is 5.91 Å². The molecule has 1 heterocycles. The normalized spacial score (nSPS) is 23.0. The van der Waals surface area contributed by atoms with Gasteiger partial charge in [0.1, 0.15) is 5.25 Å². The Labute approximate surface area is 114 Å². The molecule has 18 heavy (non-hydrogen) atoms. The largest absolute Gasteiger partial charge is 0.335 e. The van der Waals surface area contributed by atoms with Crippen LogP contribution < -0.4 is 0 Å². The van der Waals surface area contributed by atoms with Crippen LogP contribution in [0.4, 0.5) is 8.78 Å². The molecule has 1 rings (SSSR count). The highest BCUT2D eigenvalue weighted by Gasteiger charge is 2.37. The molecule has 0 aromatic rings. The van der Waals surface area contributed by atoms with E-state index in [9.17, 15) is 22.0 Å². The molecular weight excluding hydrogens is 332 g/mol. The Balaban J connectivity index is 2.81. The van der Waals surface area contributed by atoms with E-state index in [0.29, 0.717) is 18.2 Å². The molecule has 1 aliphatic rings. The summed E-state index contributed by atoms with van der Waals surface area (Å²) >= 11 is 3.07. The summed E-state index contributed by atoms with van der Waals surface area (Å²) in [6, 6.07) is 0. The maximum Gasteiger partial charge on any atom is 0.255 e. The molecule has 4 nitrogen and oxygen atoms in total. The van der Waals surface area contributed by atoms with E-state index in [1.807, 2.05) is 0 Å². The van der Waals surface area contributed by atoms with Gasteiger partial charge in [0, 0.05) is 11.9 Å². The van der Waals surface area contributed by atoms with Crippen molar-refractivity contribution in [3.63, 3.8) is 0 Å². The van der Waals surface area contributed by atoms with Crippen LogP contribution in [0.1, 0.15) is 19.3 Å². The lowest BCUT2D eigenvalue weighted by molar-refractivity contribution is -0.132. The fraction of sp³-hybridized carbons (Fsp3) is 0.900. The van der Waals surface area contributed by atoms with Crippen molar-refractivity contribution < 1.29 is 22.0 Å². The summed E-state index contributed by atoms with van der Waals surface area (Å²) in [6.45, 7) is -0.619. The van der Waals surface area contributed by atoms with E-state index in [-0.39, 0.29) is 18.7 Å². The second-order valence-electron chi connectivity index (χ2n) is 4.22. The van der Waals surface area contributed by atoms with Crippen LogP contribution in [0.25, 0.3) is 0 Å². The van der Waals surface area contributed by atoms with Crippen molar-refractivity contribution in [1.29, 1.82) is 0 Å². The maximum atomic E-state index is 12.4. The SMILES string of the molecule is O=C(C1CCCCS1(=O)=O)N(CCBr)CC(F)F. The Kier molecular flexibility index (Phi) is 5.97. The molecule has 0 saturated carbocycles. The number of sulfone groups is 1. The van der Waals surface area contributed by atoms with E-state index in [1.165, 1.54) is 0 Å². The van der Waals surface area contributed by atoms with Crippen molar-refractivity contribution in [1.82, 2.24) is 4.90 Å². The molecule has 1 fully saturated rings. The van der Waals surface area contributed by atoms with Crippen molar-refractivity contribution >= 4 is 31.7 Å². The topological polar surface area (TPSA) is 54.5 Å². The number of carbonyl (C=O) groups excluding carboxylic acids is 1. The number of hydrogen-bond acceptors (Lipinski definition) is 3. The van der Waals surface area contributed by atoms with Gasteiger partial charge in [-0.2, -0.15) is 0 Å². The zero-order chi connectivity index (χ0) is 13.8. The predicted molar refractivity (Wildman–Crippen MR) is 67.8 cm³/mol. The number of nitrogens with zero attached hydrogens (tertiary/aromatic N) is 1. The Hall–Kier alpha value is -0.240. The second-order valence-corrected chi connectivity index (χ2v) is 7.31. The number of rotatable bonds is 5. The summed E-state index contributed by atoms with van der Waals surface area (Å²) in [6.07, 6.45) is -1.23. The van der Waals surface area contributed by atoms with Crippen LogP contribution in [0.5, 0.6) is 0 Å². The Morgan fingerprint density at radius 2 is 2.06 bits per heavy atom. The predicted octanol–water partition coefficient (Wildman–Crippen LogP) is 1.44. The highest BCUT2D eigenvalue weighted by molar-refractivity contribution is 9.09. The molecule has 106 valence electrons. The first-order valence-corrected chi connectivity index (χ1v) is 8.56. The molecule has 1 amide bonds. The third-order valence-electron chi connectivity index (χ3n) is 2.88. The zero-order valence-corrected chi connectivity index (χ0v) is 12.2. The molecule has 0 N–H and O–H groups in total. The smallest absolute Gasteiger partial charge is 0.255 e. The second kappa shape index (κ2) is 6.79. The monoisotopic (exact) mass is 347 g/mol. The Bertz CT molecular complexity index is 389. The van der Waals surface area contributed by atoms with Crippen LogP contribution in [-0.2, 0) is 14.6 Å². The average molecular weight is 348 g/mol. The number of carbonyl (C=O) groups is 1. The van der Waals surface area contributed by atoms with Gasteiger partial charge in [-0.3, -0.25) is 4.79 Å². The van der Waals surface area contributed by atoms with Gasteiger partial charge in [0.25, 0.3) is 6.43 Å². The van der Waals surface area contributed by atoms with Crippen molar-refractivity contribution in [3.05, 3.63) is 0 Å². The first kappa shape index (κ1) is 15.8. The standard InChI is InChI=1S/C10H16BrF2NO3S/c11-4-5-14(7-9(12)13)10(15)8-3-1-2-6-18(8,16)17/h8-9H,1-7H2. The van der Waals surface area contributed by atoms with E-state index < -0.39 is 34.0 Å². The summed E-state index contributed by atoms with van der Waals surface area (Å²) in [5, 5.41) is -0.790. The summed E-state index contributed by atoms with van der Waals surface area (Å²) in [7, 11) is -3.47. The molecule has 0 aromatic heterocycles. The summed E-state index contributed by atoms with van der Waals surface area (Å²) in [4.78, 5) is 13.0. The lowest BCUT2D eigenvalue weighted by Crippen LogP contribution is -2.47. The van der Waals surface area contributed by atoms with Crippen molar-refractivity contribution in [3.8, 4) is 0 Å². The number of halogens is 3. The summed E-state index contributed by atoms with van der Waals surface area (Å²) in [5.74, 6) is -0.713. The van der Waals surface area contributed by atoms with Gasteiger partial charge in [-0.15, -0.1) is 0 Å². The lowest BCUT2D eigenvalue weighted by Gasteiger charge is -2.28. The minimum Gasteiger partial charge on any atom is -0.335 e. The van der Waals surface area contributed by atoms with E-state index in [1.54, 1.807) is 0 Å². The molecule has 1 unspecified atom stereocenters. The fourth-order valence-corrected chi connectivity index (χ4v) is 4.30.